The van der Waals surface area contributed by atoms with Gasteiger partial charge in [0.15, 0.2) is 0 Å². The largest absolute Gasteiger partial charge is 1.00 e. The van der Waals surface area contributed by atoms with Gasteiger partial charge < -0.3 is 18.7 Å². The standard InChI is InChI=1S/3C8H14O.3C5H10O.3C2H4.6CO2.3CH7OPSi.3CH4.3K.3H/c3*1-4-6-7(3)8(9)5-2;3*1-3-5(6)4-2;3*1-2;6*2-1-3;3*1-3-4-2;;;;;;;;;/h3*4,7H,1,5-6H2,2-3H3;3*3-4H2,1-2H3;3*1-2H2;;;;;;;3*2-3H,4H2,1H3;3*1H4;;;;;;/q;;;;;;;;;;;;;;;;;;;;;3*+1;3*-1/p+3. The number of rotatable bonds is 21. The van der Waals surface area contributed by atoms with E-state index in [2.05, 4.69) is 79.2 Å². The molecule has 0 amide bonds. The van der Waals surface area contributed by atoms with E-state index in [-0.39, 0.29) is 235 Å². The number of allylic oxidation sites excluding steroid dienone is 3. The molecule has 0 bridgehead atoms. The quantitative estimate of drug-likeness (QED) is 0.0766. The van der Waals surface area contributed by atoms with E-state index in [4.69, 9.17) is 71.9 Å². The molecule has 0 aliphatic carbocycles. The van der Waals surface area contributed by atoms with Crippen molar-refractivity contribution in [3.05, 3.63) is 77.4 Å². The van der Waals surface area contributed by atoms with Gasteiger partial charge in [0.1, 0.15) is 34.7 Å². The van der Waals surface area contributed by atoms with Crippen LogP contribution in [0.2, 0.25) is 0 Å². The maximum atomic E-state index is 10.9. The van der Waals surface area contributed by atoms with Gasteiger partial charge >= 0.3 is 219 Å². The van der Waals surface area contributed by atoms with Gasteiger partial charge in [0, 0.05) is 95.5 Å². The fraction of sp³-hybridized carbons (Fsp3) is 0.579. The van der Waals surface area contributed by atoms with Crippen LogP contribution < -0.4 is 154 Å². The minimum atomic E-state index is -0.492. The van der Waals surface area contributed by atoms with Crippen LogP contribution in [-0.4, -0.2) is 134 Å². The van der Waals surface area contributed by atoms with Crippen LogP contribution in [-0.2, 0) is 86.3 Å². The zero-order valence-corrected chi connectivity index (χ0v) is 71.9. The Morgan fingerprint density at radius 2 is 0.448 bits per heavy atom. The third kappa shape index (κ3) is 346. The van der Waals surface area contributed by atoms with Crippen LogP contribution in [0.25, 0.3) is 0 Å². The molecule has 0 aromatic heterocycles. The molecular weight excluding hydrogens is 1320 g/mol. The summed E-state index contributed by atoms with van der Waals surface area (Å²) >= 11 is 0. The van der Waals surface area contributed by atoms with Gasteiger partial charge in [-0.3, -0.25) is 28.8 Å². The Morgan fingerprint density at radius 1 is 0.356 bits per heavy atom. The van der Waals surface area contributed by atoms with Crippen molar-refractivity contribution in [2.75, 3.05) is 20.0 Å². The Bertz CT molecular complexity index is 1320. The average molecular weight is 1440 g/mol. The van der Waals surface area contributed by atoms with Crippen molar-refractivity contribution in [3.8, 4) is 0 Å². The molecule has 6 unspecified atom stereocenters. The molecule has 504 valence electrons. The molecule has 0 spiro atoms. The van der Waals surface area contributed by atoms with Gasteiger partial charge in [-0.15, -0.1) is 59.2 Å². The molecule has 0 aromatic carbocycles. The Labute approximate surface area is 671 Å². The first-order valence-corrected chi connectivity index (χ1v) is 40.1. The van der Waals surface area contributed by atoms with Crippen molar-refractivity contribution in [2.45, 2.75) is 182 Å². The maximum absolute atomic E-state index is 10.9. The summed E-state index contributed by atoms with van der Waals surface area (Å²) in [5.41, 5.74) is 0. The molecule has 0 rings (SSSR count). The zero-order chi connectivity index (χ0) is 69.3. The van der Waals surface area contributed by atoms with Crippen molar-refractivity contribution in [1.82, 2.24) is 0 Å². The summed E-state index contributed by atoms with van der Waals surface area (Å²) in [5.74, 6) is 2.53. The van der Waals surface area contributed by atoms with Crippen LogP contribution in [0, 0.1) is 17.8 Å². The molecule has 0 radical (unpaired) electrons. The molecule has 0 saturated carbocycles. The fourth-order valence-electron chi connectivity index (χ4n) is 2.94. The summed E-state index contributed by atoms with van der Waals surface area (Å²) in [6.45, 7) is 57.7. The van der Waals surface area contributed by atoms with E-state index in [0.717, 1.165) is 19.3 Å². The van der Waals surface area contributed by atoms with Gasteiger partial charge in [0.2, 0.25) is 0 Å². The SMILES string of the molecule is C.C.C.C=C.C=C.C=C.C=CCC(C)C(=O)CC.C=CCC(C)C(=O)CC.C=CCC(C)C(=O)CC.CCC(=O)CC.CCC(=O)CC.CCC(=O)CC.C[PH2+][SiH2]O.C[PH2+][SiH2]O.C[PH2+][SiH2]O.O=C=O.O=C=O.O=C=O.O=C=O.O=C=O.O=C=O.[H-].[H-].[H-].[K+].[K+].[K+]. The minimum absolute atomic E-state index is 0. The van der Waals surface area contributed by atoms with Crippen LogP contribution in [0.15, 0.2) is 77.4 Å². The van der Waals surface area contributed by atoms with Crippen LogP contribution in [0.1, 0.15) is 187 Å². The molecule has 6 atom stereocenters. The van der Waals surface area contributed by atoms with Crippen molar-refractivity contribution >= 4 is 124 Å². The second kappa shape index (κ2) is 213. The maximum Gasteiger partial charge on any atom is 1.00 e. The van der Waals surface area contributed by atoms with E-state index in [9.17, 15) is 28.8 Å². The summed E-state index contributed by atoms with van der Waals surface area (Å²) in [7, 11) is -0.0463. The Morgan fingerprint density at radius 3 is 0.483 bits per heavy atom. The van der Waals surface area contributed by atoms with Gasteiger partial charge in [-0.1, -0.05) is 124 Å². The first-order chi connectivity index (χ1) is 38.3. The van der Waals surface area contributed by atoms with Gasteiger partial charge in [-0.2, -0.15) is 57.5 Å². The molecule has 0 aliphatic heterocycles. The van der Waals surface area contributed by atoms with Gasteiger partial charge in [0.25, 0.3) is 0 Å². The Balaban J connectivity index is -0.0000000189. The van der Waals surface area contributed by atoms with Crippen molar-refractivity contribution in [2.24, 2.45) is 17.8 Å². The Kier molecular flexibility index (Phi) is 397. The van der Waals surface area contributed by atoms with Crippen molar-refractivity contribution in [3.63, 3.8) is 0 Å². The molecule has 21 nitrogen and oxygen atoms in total. The molecule has 3 N–H and O–H groups in total. The second-order valence-corrected chi connectivity index (χ2v) is 26.9. The predicted molar refractivity (Wildman–Crippen MR) is 361 cm³/mol. The summed E-state index contributed by atoms with van der Waals surface area (Å²) in [4.78, 5) is 185. The third-order valence-electron chi connectivity index (χ3n) is 7.17. The van der Waals surface area contributed by atoms with Crippen molar-refractivity contribution < 1.29 is 259 Å². The smallest absolute Gasteiger partial charge is 1.00 e. The molecule has 0 fully saturated rings. The minimum Gasteiger partial charge on any atom is -1.00 e. The van der Waals surface area contributed by atoms with E-state index in [1.54, 1.807) is 18.2 Å². The number of carbonyl (C=O) groups excluding carboxylic acids is 18. The topological polar surface area (TPSA) is 368 Å². The molecule has 0 aliphatic rings. The summed E-state index contributed by atoms with van der Waals surface area (Å²) < 4.78 is 0. The van der Waals surface area contributed by atoms with E-state index in [0.29, 0.717) is 117 Å². The van der Waals surface area contributed by atoms with Crippen LogP contribution in [0.4, 0.5) is 0 Å². The zero-order valence-electron chi connectivity index (χ0n) is 57.9. The molecular formula is C57H123K3O21P3Si3+3. The molecule has 30 heteroatoms. The summed E-state index contributed by atoms with van der Waals surface area (Å²) in [6.07, 6.45) is 15.4. The van der Waals surface area contributed by atoms with Gasteiger partial charge in [-0.05, 0) is 43.6 Å². The summed E-state index contributed by atoms with van der Waals surface area (Å²) in [6, 6.07) is 0. The number of hydrogen-bond donors (Lipinski definition) is 3. The number of Topliss-reactive ketones (excluding diaryl/α,β-unsaturated/α-hetero) is 6. The Hall–Kier alpha value is -0.530. The van der Waals surface area contributed by atoms with Gasteiger partial charge in [-0.25, -0.2) is 0 Å². The van der Waals surface area contributed by atoms with E-state index in [1.165, 1.54) is 0 Å². The van der Waals surface area contributed by atoms with E-state index in [1.807, 2.05) is 83.1 Å². The predicted octanol–water partition coefficient (Wildman–Crippen LogP) is -0.123. The third-order valence-corrected chi connectivity index (χ3v) is 11.6. The fourth-order valence-corrected chi connectivity index (χ4v) is 2.94. The van der Waals surface area contributed by atoms with E-state index >= 15 is 0 Å². The number of hydrogen-bond acceptors (Lipinski definition) is 21. The van der Waals surface area contributed by atoms with Crippen LogP contribution >= 0.6 is 24.4 Å². The first-order valence-electron chi connectivity index (χ1n) is 24.9. The van der Waals surface area contributed by atoms with Gasteiger partial charge in [0.05, 0.1) is 0 Å². The average Bonchev–Trinajstić information content (AvgIpc) is 3.49. The van der Waals surface area contributed by atoms with E-state index < -0.39 is 28.3 Å². The molecule has 0 heterocycles. The normalized spacial score (nSPS) is 8.21. The van der Waals surface area contributed by atoms with Crippen molar-refractivity contribution in [1.29, 1.82) is 0 Å². The molecule has 87 heavy (non-hydrogen) atoms. The number of ketones is 6. The monoisotopic (exact) mass is 1440 g/mol. The second-order valence-electron chi connectivity index (χ2n) is 12.7. The van der Waals surface area contributed by atoms with Crippen LogP contribution in [0.5, 0.6) is 0 Å². The summed E-state index contributed by atoms with van der Waals surface area (Å²) in [5, 5.41) is 0. The molecule has 0 aromatic rings. The first kappa shape index (κ1) is 162. The molecule has 0 saturated heterocycles. The van der Waals surface area contributed by atoms with Crippen LogP contribution in [0.3, 0.4) is 0 Å². The number of carbonyl (C=O) groups is 6.